The largest absolute Gasteiger partial charge is 0.377 e. The zero-order valence-electron chi connectivity index (χ0n) is 20.5. The van der Waals surface area contributed by atoms with E-state index in [1.807, 2.05) is 0 Å². The Morgan fingerprint density at radius 3 is 2.42 bits per heavy atom. The Morgan fingerprint density at radius 1 is 1.05 bits per heavy atom. The first-order chi connectivity index (χ1) is 19.2. The average Bonchev–Trinajstić information content (AvgIpc) is 3.37. The molecule has 1 saturated heterocycles. The van der Waals surface area contributed by atoms with Crippen LogP contribution in [0.4, 0.5) is 20.4 Å². The number of carbonyl (C=O) groups excluding carboxylic acids is 2. The van der Waals surface area contributed by atoms with Gasteiger partial charge in [-0.15, -0.1) is 5.11 Å². The number of para-hydroxylation sites is 1. The molecule has 15 heteroatoms. The Morgan fingerprint density at radius 2 is 1.77 bits per heavy atom. The highest BCUT2D eigenvalue weighted by Gasteiger charge is 2.32. The molecular weight excluding hydrogens is 548 g/mol. The van der Waals surface area contributed by atoms with Gasteiger partial charge in [0, 0.05) is 17.7 Å². The predicted molar refractivity (Wildman–Crippen MR) is 139 cm³/mol. The number of anilines is 1. The lowest BCUT2D eigenvalue weighted by atomic mass is 10.1. The van der Waals surface area contributed by atoms with E-state index in [0.29, 0.717) is 11.8 Å². The third kappa shape index (κ3) is 4.91. The molecular formula is C25H20ClF2N9O3. The smallest absolute Gasteiger partial charge is 0.288 e. The maximum absolute atomic E-state index is 14.6. The van der Waals surface area contributed by atoms with Crippen molar-refractivity contribution in [3.05, 3.63) is 88.6 Å². The van der Waals surface area contributed by atoms with Gasteiger partial charge < -0.3 is 4.74 Å². The zero-order valence-corrected chi connectivity index (χ0v) is 21.2. The fourth-order valence-electron chi connectivity index (χ4n) is 3.90. The Hall–Kier alpha value is -4.63. The van der Waals surface area contributed by atoms with Crippen molar-refractivity contribution in [2.75, 3.05) is 18.2 Å². The summed E-state index contributed by atoms with van der Waals surface area (Å²) < 4.78 is 34.7. The number of rotatable bonds is 7. The number of nitrogens with two attached hydrogens (primary N) is 2. The summed E-state index contributed by atoms with van der Waals surface area (Å²) in [4.78, 5) is 30.3. The van der Waals surface area contributed by atoms with Crippen LogP contribution in [0.25, 0.3) is 16.9 Å². The number of hydrazine groups is 2. The summed E-state index contributed by atoms with van der Waals surface area (Å²) in [5.74, 6) is 7.98. The summed E-state index contributed by atoms with van der Waals surface area (Å²) in [5.41, 5.74) is 7.00. The van der Waals surface area contributed by atoms with Gasteiger partial charge in [-0.2, -0.15) is 5.10 Å². The van der Waals surface area contributed by atoms with Gasteiger partial charge in [0.25, 0.3) is 11.8 Å². The third-order valence-corrected chi connectivity index (χ3v) is 6.44. The first-order valence-corrected chi connectivity index (χ1v) is 12.0. The van der Waals surface area contributed by atoms with Crippen LogP contribution in [0.2, 0.25) is 5.02 Å². The quantitative estimate of drug-likeness (QED) is 0.132. The van der Waals surface area contributed by atoms with Crippen molar-refractivity contribution < 1.29 is 23.1 Å². The SMILES string of the molecule is N=Nc1nc(-c2ccc(Cl)c(C(=O)N(N)c3cc(C(=O)N(N)C4COC4)nn3-c3ccccc3)c2)c(F)cc1F. The predicted octanol–water partition coefficient (Wildman–Crippen LogP) is 3.76. The summed E-state index contributed by atoms with van der Waals surface area (Å²) >= 11 is 6.31. The van der Waals surface area contributed by atoms with Crippen molar-refractivity contribution in [1.29, 1.82) is 5.53 Å². The lowest BCUT2D eigenvalue weighted by molar-refractivity contribution is -0.0548. The molecule has 1 aliphatic heterocycles. The van der Waals surface area contributed by atoms with E-state index in [0.717, 1.165) is 10.0 Å². The number of benzene rings is 2. The standard InChI is InChI=1S/C25H20ClF2N9O3/c26-17-7-6-13(22-18(27)9-19(28)23(32-22)33-29)8-16(17)24(38)36(31)21-10-20(25(39)35(30)15-11-40-12-15)34-37(21)14-4-2-1-3-5-14/h1-10,15,29H,11-12,30-31H2. The average molecular weight is 568 g/mol. The van der Waals surface area contributed by atoms with Gasteiger partial charge in [-0.1, -0.05) is 35.9 Å². The molecule has 0 unspecified atom stereocenters. The van der Waals surface area contributed by atoms with Gasteiger partial charge in [0.2, 0.25) is 5.82 Å². The fourth-order valence-corrected chi connectivity index (χ4v) is 4.09. The van der Waals surface area contributed by atoms with E-state index < -0.39 is 29.3 Å². The van der Waals surface area contributed by atoms with Crippen LogP contribution in [-0.2, 0) is 4.74 Å². The highest BCUT2D eigenvalue weighted by atomic mass is 35.5. The van der Waals surface area contributed by atoms with E-state index in [1.165, 1.54) is 28.9 Å². The van der Waals surface area contributed by atoms with Crippen molar-refractivity contribution in [2.24, 2.45) is 16.8 Å². The lowest BCUT2D eigenvalue weighted by Crippen LogP contribution is -2.55. The molecule has 0 spiro atoms. The van der Waals surface area contributed by atoms with Crippen LogP contribution in [0.3, 0.4) is 0 Å². The van der Waals surface area contributed by atoms with Crippen molar-refractivity contribution in [1.82, 2.24) is 19.8 Å². The molecule has 0 aliphatic carbocycles. The van der Waals surface area contributed by atoms with Crippen LogP contribution in [0.5, 0.6) is 0 Å². The van der Waals surface area contributed by atoms with Crippen LogP contribution < -0.4 is 16.7 Å². The van der Waals surface area contributed by atoms with Gasteiger partial charge in [0.15, 0.2) is 23.1 Å². The number of hydrogen-bond acceptors (Lipinski definition) is 9. The molecule has 0 bridgehead atoms. The van der Waals surface area contributed by atoms with Crippen molar-refractivity contribution in [3.8, 4) is 16.9 Å². The summed E-state index contributed by atoms with van der Waals surface area (Å²) in [6.45, 7) is 0.567. The summed E-state index contributed by atoms with van der Waals surface area (Å²) in [5, 5.41) is 9.00. The van der Waals surface area contributed by atoms with E-state index in [-0.39, 0.29) is 52.6 Å². The van der Waals surface area contributed by atoms with E-state index in [2.05, 4.69) is 15.2 Å². The van der Waals surface area contributed by atoms with Crippen LogP contribution in [0.1, 0.15) is 20.8 Å². The van der Waals surface area contributed by atoms with E-state index in [4.69, 9.17) is 33.6 Å². The summed E-state index contributed by atoms with van der Waals surface area (Å²) in [6.07, 6.45) is 0. The second-order valence-electron chi connectivity index (χ2n) is 8.64. The number of pyridine rings is 1. The topological polar surface area (TPSA) is 169 Å². The number of nitrogens with one attached hydrogen (secondary N) is 1. The van der Waals surface area contributed by atoms with Gasteiger partial charge in [0.05, 0.1) is 35.5 Å². The molecule has 1 aliphatic rings. The first-order valence-electron chi connectivity index (χ1n) is 11.6. The van der Waals surface area contributed by atoms with Gasteiger partial charge in [-0.3, -0.25) is 14.6 Å². The Balaban J connectivity index is 1.54. The van der Waals surface area contributed by atoms with Gasteiger partial charge in [0.1, 0.15) is 5.69 Å². The van der Waals surface area contributed by atoms with Crippen molar-refractivity contribution >= 4 is 35.1 Å². The van der Waals surface area contributed by atoms with E-state index in [1.54, 1.807) is 30.3 Å². The number of hydrogen-bond donors (Lipinski definition) is 3. The Labute approximate surface area is 230 Å². The molecule has 2 aromatic heterocycles. The number of aromatic nitrogens is 3. The number of halogens is 3. The molecule has 40 heavy (non-hydrogen) atoms. The van der Waals surface area contributed by atoms with Crippen LogP contribution in [-0.4, -0.2) is 50.8 Å². The normalized spacial score (nSPS) is 13.0. The minimum atomic E-state index is -1.12. The monoisotopic (exact) mass is 567 g/mol. The molecule has 204 valence electrons. The molecule has 5 N–H and O–H groups in total. The number of ether oxygens (including phenoxy) is 1. The van der Waals surface area contributed by atoms with Gasteiger partial charge in [-0.25, -0.2) is 40.7 Å². The number of carbonyl (C=O) groups is 2. The maximum atomic E-state index is 14.6. The minimum absolute atomic E-state index is 0.000610. The van der Waals surface area contributed by atoms with E-state index >= 15 is 0 Å². The second kappa shape index (κ2) is 10.9. The first kappa shape index (κ1) is 27.0. The number of amides is 2. The van der Waals surface area contributed by atoms with Crippen molar-refractivity contribution in [2.45, 2.75) is 6.04 Å². The number of nitrogens with zero attached hydrogens (tertiary/aromatic N) is 6. The summed E-state index contributed by atoms with van der Waals surface area (Å²) in [6, 6.07) is 14.0. The van der Waals surface area contributed by atoms with Crippen LogP contribution in [0, 0.1) is 17.2 Å². The lowest BCUT2D eigenvalue weighted by Gasteiger charge is -2.33. The molecule has 0 radical (unpaired) electrons. The van der Waals surface area contributed by atoms with Crippen LogP contribution >= 0.6 is 11.6 Å². The molecule has 0 atom stereocenters. The highest BCUT2D eigenvalue weighted by molar-refractivity contribution is 6.34. The maximum Gasteiger partial charge on any atom is 0.288 e. The molecule has 4 aromatic rings. The van der Waals surface area contributed by atoms with Crippen LogP contribution in [0.15, 0.2) is 65.8 Å². The molecule has 5 rings (SSSR count). The fraction of sp³-hybridized carbons (Fsp3) is 0.120. The highest BCUT2D eigenvalue weighted by Crippen LogP contribution is 2.31. The van der Waals surface area contributed by atoms with Gasteiger partial charge in [-0.05, 0) is 24.3 Å². The van der Waals surface area contributed by atoms with E-state index in [9.17, 15) is 18.4 Å². The van der Waals surface area contributed by atoms with Gasteiger partial charge >= 0.3 is 0 Å². The Bertz CT molecular complexity index is 1630. The molecule has 3 heterocycles. The van der Waals surface area contributed by atoms with Crippen molar-refractivity contribution in [3.63, 3.8) is 0 Å². The molecule has 1 fully saturated rings. The second-order valence-corrected chi connectivity index (χ2v) is 9.05. The minimum Gasteiger partial charge on any atom is -0.377 e. The third-order valence-electron chi connectivity index (χ3n) is 6.11. The molecule has 2 aromatic carbocycles. The molecule has 0 saturated carbocycles. The molecule has 2 amide bonds. The summed E-state index contributed by atoms with van der Waals surface area (Å²) in [7, 11) is 0. The zero-order chi connectivity index (χ0) is 28.6. The Kier molecular flexibility index (Phi) is 7.32. The molecule has 12 nitrogen and oxygen atoms in total.